The first kappa shape index (κ1) is 13.7. The topological polar surface area (TPSA) is 75.1 Å². The average Bonchev–Trinajstić information content (AvgIpc) is 2.63. The Balaban J connectivity index is 2.34. The molecular weight excluding hydrogens is 262 g/mol. The van der Waals surface area contributed by atoms with E-state index < -0.39 is 11.4 Å². The molecule has 0 amide bonds. The molecule has 2 aromatic rings. The number of fused-ring (bicyclic) bond motifs is 1. The first-order valence-electron chi connectivity index (χ1n) is 6.01. The van der Waals surface area contributed by atoms with Gasteiger partial charge in [-0.2, -0.15) is 0 Å². The van der Waals surface area contributed by atoms with Crippen LogP contribution in [0.4, 0.5) is 5.82 Å². The molecule has 2 heterocycles. The Labute approximate surface area is 115 Å². The van der Waals surface area contributed by atoms with E-state index in [0.717, 1.165) is 15.8 Å². The molecule has 0 spiro atoms. The fourth-order valence-electron chi connectivity index (χ4n) is 1.70. The molecule has 0 fully saturated rings. The maximum absolute atomic E-state index is 11.1. The Morgan fingerprint density at radius 2 is 2.11 bits per heavy atom. The Morgan fingerprint density at radius 3 is 2.74 bits per heavy atom. The number of nitrogens with one attached hydrogen (secondary N) is 1. The number of hydrogen-bond donors (Lipinski definition) is 2. The van der Waals surface area contributed by atoms with Crippen molar-refractivity contribution < 1.29 is 9.90 Å². The highest BCUT2D eigenvalue weighted by Gasteiger charge is 2.27. The predicted octanol–water partition coefficient (Wildman–Crippen LogP) is 2.83. The maximum Gasteiger partial charge on any atom is 0.310 e. The highest BCUT2D eigenvalue weighted by molar-refractivity contribution is 7.18. The third-order valence-corrected chi connectivity index (χ3v) is 4.36. The first-order valence-corrected chi connectivity index (χ1v) is 6.82. The summed E-state index contributed by atoms with van der Waals surface area (Å²) in [5, 5.41) is 13.3. The molecule has 0 aliphatic heterocycles. The lowest BCUT2D eigenvalue weighted by molar-refractivity contribution is -0.146. The molecule has 2 N–H and O–H groups in total. The molecule has 0 aliphatic carbocycles. The molecule has 0 aliphatic rings. The lowest BCUT2D eigenvalue weighted by atomic mass is 9.94. The van der Waals surface area contributed by atoms with Crippen molar-refractivity contribution in [3.63, 3.8) is 0 Å². The highest BCUT2D eigenvalue weighted by Crippen LogP contribution is 2.32. The quantitative estimate of drug-likeness (QED) is 0.900. The van der Waals surface area contributed by atoms with Gasteiger partial charge in [0.25, 0.3) is 0 Å². The number of aromatic nitrogens is 2. The van der Waals surface area contributed by atoms with Crippen molar-refractivity contribution in [3.8, 4) is 0 Å². The molecule has 2 rings (SSSR count). The molecule has 2 aromatic heterocycles. The van der Waals surface area contributed by atoms with E-state index in [1.807, 2.05) is 13.8 Å². The van der Waals surface area contributed by atoms with Crippen LogP contribution in [-0.2, 0) is 4.79 Å². The van der Waals surface area contributed by atoms with Gasteiger partial charge in [-0.1, -0.05) is 0 Å². The lowest BCUT2D eigenvalue weighted by Gasteiger charge is -2.20. The molecule has 0 saturated heterocycles. The summed E-state index contributed by atoms with van der Waals surface area (Å²) >= 11 is 1.63. The van der Waals surface area contributed by atoms with Crippen molar-refractivity contribution in [1.82, 2.24) is 9.97 Å². The molecule has 0 aromatic carbocycles. The van der Waals surface area contributed by atoms with Gasteiger partial charge in [0.05, 0.1) is 10.8 Å². The molecule has 102 valence electrons. The number of thiophene rings is 1. The van der Waals surface area contributed by atoms with E-state index in [2.05, 4.69) is 15.3 Å². The lowest BCUT2D eigenvalue weighted by Crippen LogP contribution is -2.32. The standard InChI is InChI=1S/C13H17N3O2S/c1-7-8(2)19-11-9(7)10(15-6-16-11)14-5-13(3,4)12(17)18/h6H,5H2,1-4H3,(H,17,18)(H,14,15,16). The van der Waals surface area contributed by atoms with E-state index in [1.165, 1.54) is 11.2 Å². The summed E-state index contributed by atoms with van der Waals surface area (Å²) in [6.07, 6.45) is 1.51. The summed E-state index contributed by atoms with van der Waals surface area (Å²) in [5.41, 5.74) is 0.312. The van der Waals surface area contributed by atoms with Gasteiger partial charge in [0.2, 0.25) is 0 Å². The summed E-state index contributed by atoms with van der Waals surface area (Å²) in [4.78, 5) is 21.7. The molecule has 0 bridgehead atoms. The number of anilines is 1. The second-order valence-electron chi connectivity index (χ2n) is 5.23. The van der Waals surface area contributed by atoms with E-state index in [1.54, 1.807) is 25.2 Å². The van der Waals surface area contributed by atoms with E-state index in [4.69, 9.17) is 5.11 Å². The Bertz CT molecular complexity index is 634. The summed E-state index contributed by atoms with van der Waals surface area (Å²) in [5.74, 6) is -0.121. The minimum atomic E-state index is -0.837. The van der Waals surface area contributed by atoms with E-state index in [0.29, 0.717) is 12.4 Å². The molecule has 19 heavy (non-hydrogen) atoms. The van der Waals surface area contributed by atoms with Gasteiger partial charge in [0, 0.05) is 11.4 Å². The SMILES string of the molecule is Cc1sc2ncnc(NCC(C)(C)C(=O)O)c2c1C. The van der Waals surface area contributed by atoms with Gasteiger partial charge in [-0.3, -0.25) is 4.79 Å². The molecule has 5 nitrogen and oxygen atoms in total. The van der Waals surface area contributed by atoms with Crippen molar-refractivity contribution in [2.45, 2.75) is 27.7 Å². The number of carbonyl (C=O) groups is 1. The number of carboxylic acid groups (broad SMARTS) is 1. The number of rotatable bonds is 4. The third-order valence-electron chi connectivity index (χ3n) is 3.24. The van der Waals surface area contributed by atoms with Gasteiger partial charge < -0.3 is 10.4 Å². The summed E-state index contributed by atoms with van der Waals surface area (Å²) in [6.45, 7) is 7.78. The molecule has 0 atom stereocenters. The highest BCUT2D eigenvalue weighted by atomic mass is 32.1. The first-order chi connectivity index (χ1) is 8.83. The van der Waals surface area contributed by atoms with Gasteiger partial charge in [0.15, 0.2) is 0 Å². The molecule has 0 radical (unpaired) electrons. The summed E-state index contributed by atoms with van der Waals surface area (Å²) in [7, 11) is 0. The zero-order chi connectivity index (χ0) is 14.2. The molecular formula is C13H17N3O2S. The number of hydrogen-bond acceptors (Lipinski definition) is 5. The third kappa shape index (κ3) is 2.53. The predicted molar refractivity (Wildman–Crippen MR) is 76.8 cm³/mol. The number of aryl methyl sites for hydroxylation is 2. The molecule has 0 unspecified atom stereocenters. The number of nitrogens with zero attached hydrogens (tertiary/aromatic N) is 2. The van der Waals surface area contributed by atoms with Crippen molar-refractivity contribution in [1.29, 1.82) is 0 Å². The Hall–Kier alpha value is -1.69. The maximum atomic E-state index is 11.1. The van der Waals surface area contributed by atoms with Gasteiger partial charge in [-0.25, -0.2) is 9.97 Å². The monoisotopic (exact) mass is 279 g/mol. The fraction of sp³-hybridized carbons (Fsp3) is 0.462. The average molecular weight is 279 g/mol. The number of carboxylic acids is 1. The smallest absolute Gasteiger partial charge is 0.310 e. The zero-order valence-electron chi connectivity index (χ0n) is 11.4. The van der Waals surface area contributed by atoms with Crippen LogP contribution in [0.1, 0.15) is 24.3 Å². The van der Waals surface area contributed by atoms with Crippen LogP contribution >= 0.6 is 11.3 Å². The van der Waals surface area contributed by atoms with Gasteiger partial charge in [-0.05, 0) is 33.3 Å². The van der Waals surface area contributed by atoms with E-state index in [9.17, 15) is 4.79 Å². The normalized spacial score (nSPS) is 11.8. The second kappa shape index (κ2) is 4.77. The Morgan fingerprint density at radius 1 is 1.42 bits per heavy atom. The van der Waals surface area contributed by atoms with Crippen LogP contribution in [0, 0.1) is 19.3 Å². The van der Waals surface area contributed by atoms with Crippen molar-refractivity contribution in [2.24, 2.45) is 5.41 Å². The summed E-state index contributed by atoms with van der Waals surface area (Å²) < 4.78 is 0. The second-order valence-corrected chi connectivity index (χ2v) is 6.43. The summed E-state index contributed by atoms with van der Waals surface area (Å²) in [6, 6.07) is 0. The molecule has 0 saturated carbocycles. The molecule has 6 heteroatoms. The minimum Gasteiger partial charge on any atom is -0.481 e. The van der Waals surface area contributed by atoms with Crippen LogP contribution in [0.2, 0.25) is 0 Å². The van der Waals surface area contributed by atoms with Crippen LogP contribution in [0.15, 0.2) is 6.33 Å². The van der Waals surface area contributed by atoms with Crippen LogP contribution in [0.25, 0.3) is 10.2 Å². The Kier molecular flexibility index (Phi) is 3.45. The fourth-order valence-corrected chi connectivity index (χ4v) is 2.69. The number of aliphatic carboxylic acids is 1. The van der Waals surface area contributed by atoms with Crippen molar-refractivity contribution in [3.05, 3.63) is 16.8 Å². The van der Waals surface area contributed by atoms with Gasteiger partial charge in [-0.15, -0.1) is 11.3 Å². The zero-order valence-corrected chi connectivity index (χ0v) is 12.3. The van der Waals surface area contributed by atoms with Crippen LogP contribution in [-0.4, -0.2) is 27.6 Å². The minimum absolute atomic E-state index is 0.322. The van der Waals surface area contributed by atoms with Crippen LogP contribution in [0.3, 0.4) is 0 Å². The van der Waals surface area contributed by atoms with Crippen LogP contribution in [0.5, 0.6) is 0 Å². The van der Waals surface area contributed by atoms with Crippen molar-refractivity contribution in [2.75, 3.05) is 11.9 Å². The van der Waals surface area contributed by atoms with Crippen LogP contribution < -0.4 is 5.32 Å². The van der Waals surface area contributed by atoms with Crippen molar-refractivity contribution >= 4 is 33.3 Å². The van der Waals surface area contributed by atoms with E-state index in [-0.39, 0.29) is 0 Å². The largest absolute Gasteiger partial charge is 0.481 e. The van der Waals surface area contributed by atoms with E-state index >= 15 is 0 Å². The van der Waals surface area contributed by atoms with Gasteiger partial charge >= 0.3 is 5.97 Å². The van der Waals surface area contributed by atoms with Gasteiger partial charge in [0.1, 0.15) is 17.0 Å².